The summed E-state index contributed by atoms with van der Waals surface area (Å²) in [5.74, 6) is -0.249. The topological polar surface area (TPSA) is 116 Å². The summed E-state index contributed by atoms with van der Waals surface area (Å²) in [4.78, 5) is 38.9. The fraction of sp³-hybridized carbons (Fsp3) is 0.615. The van der Waals surface area contributed by atoms with E-state index in [4.69, 9.17) is 5.11 Å². The number of hydrogen-bond acceptors (Lipinski definition) is 5. The number of aliphatic hydroxyl groups excluding tert-OH is 2. The van der Waals surface area contributed by atoms with Gasteiger partial charge in [-0.15, -0.1) is 0 Å². The van der Waals surface area contributed by atoms with E-state index in [-0.39, 0.29) is 18.9 Å². The van der Waals surface area contributed by atoms with Crippen LogP contribution in [0.3, 0.4) is 0 Å². The Morgan fingerprint density at radius 3 is 2.71 bits per heavy atom. The minimum atomic E-state index is -1.00. The zero-order valence-electron chi connectivity index (χ0n) is 11.8. The van der Waals surface area contributed by atoms with Crippen LogP contribution in [0.15, 0.2) is 15.8 Å². The molecule has 116 valence electrons. The average Bonchev–Trinajstić information content (AvgIpc) is 2.69. The van der Waals surface area contributed by atoms with Crippen LogP contribution in [0.2, 0.25) is 0 Å². The molecule has 3 N–H and O–H groups in total. The molecule has 0 unspecified atom stereocenters. The highest BCUT2D eigenvalue weighted by Crippen LogP contribution is 2.27. The lowest BCUT2D eigenvalue weighted by atomic mass is 10.2. The molecular formula is C13H19N3O5. The Kier molecular flexibility index (Phi) is 4.59. The summed E-state index contributed by atoms with van der Waals surface area (Å²) in [6.07, 6.45) is 0.573. The van der Waals surface area contributed by atoms with E-state index in [0.717, 1.165) is 0 Å². The molecule has 1 amide bonds. The number of hydrogen-bond donors (Lipinski definition) is 3. The van der Waals surface area contributed by atoms with E-state index in [0.29, 0.717) is 24.9 Å². The van der Waals surface area contributed by atoms with Crippen LogP contribution in [0.1, 0.15) is 31.0 Å². The smallest absolute Gasteiger partial charge is 0.330 e. The Morgan fingerprint density at radius 2 is 2.05 bits per heavy atom. The highest BCUT2D eigenvalue weighted by Gasteiger charge is 2.40. The zero-order chi connectivity index (χ0) is 15.6. The van der Waals surface area contributed by atoms with Crippen molar-refractivity contribution in [3.05, 3.63) is 32.6 Å². The first-order valence-corrected chi connectivity index (χ1v) is 6.86. The number of nitrogens with one attached hydrogen (secondary N) is 1. The first-order valence-electron chi connectivity index (χ1n) is 6.86. The van der Waals surface area contributed by atoms with Gasteiger partial charge in [-0.3, -0.25) is 19.1 Å². The van der Waals surface area contributed by atoms with Gasteiger partial charge < -0.3 is 15.1 Å². The molecule has 1 aromatic heterocycles. The van der Waals surface area contributed by atoms with E-state index in [2.05, 4.69) is 4.98 Å². The van der Waals surface area contributed by atoms with Crippen molar-refractivity contribution in [1.29, 1.82) is 0 Å². The van der Waals surface area contributed by atoms with Crippen molar-refractivity contribution in [3.63, 3.8) is 0 Å². The number of aliphatic hydroxyl groups is 2. The highest BCUT2D eigenvalue weighted by atomic mass is 16.3. The fourth-order valence-corrected chi connectivity index (χ4v) is 2.53. The number of aromatic nitrogens is 2. The molecule has 0 aliphatic carbocycles. The van der Waals surface area contributed by atoms with Gasteiger partial charge in [0.05, 0.1) is 6.42 Å². The molecule has 0 bridgehead atoms. The predicted octanol–water partition coefficient (Wildman–Crippen LogP) is -1.29. The molecule has 1 aliphatic rings. The summed E-state index contributed by atoms with van der Waals surface area (Å²) in [5.41, 5.74) is -0.810. The molecule has 0 aromatic carbocycles. The first-order chi connectivity index (χ1) is 9.95. The molecule has 1 saturated heterocycles. The molecule has 0 spiro atoms. The van der Waals surface area contributed by atoms with Crippen molar-refractivity contribution in [2.45, 2.75) is 38.5 Å². The number of likely N-dealkylation sites (tertiary alicyclic amines) is 1. The van der Waals surface area contributed by atoms with Crippen LogP contribution in [-0.2, 0) is 4.79 Å². The van der Waals surface area contributed by atoms with Crippen LogP contribution in [0.5, 0.6) is 0 Å². The van der Waals surface area contributed by atoms with Gasteiger partial charge >= 0.3 is 5.69 Å². The molecular weight excluding hydrogens is 278 g/mol. The second-order valence-electron chi connectivity index (χ2n) is 5.18. The molecule has 8 nitrogen and oxygen atoms in total. The molecule has 1 aliphatic heterocycles. The average molecular weight is 297 g/mol. The Hall–Kier alpha value is -1.93. The minimum Gasteiger partial charge on any atom is -0.396 e. The fourth-order valence-electron chi connectivity index (χ4n) is 2.53. The third kappa shape index (κ3) is 3.06. The Bertz CT molecular complexity index is 635. The van der Waals surface area contributed by atoms with E-state index >= 15 is 0 Å². The number of rotatable bonds is 5. The SMILES string of the molecule is Cc1cn([C@@H]2[C@@H](O)CC(=O)N2CCCCO)c(=O)[nH]c1=O. The highest BCUT2D eigenvalue weighted by molar-refractivity contribution is 5.79. The quantitative estimate of drug-likeness (QED) is 0.585. The van der Waals surface area contributed by atoms with Gasteiger partial charge in [0.15, 0.2) is 0 Å². The van der Waals surface area contributed by atoms with Gasteiger partial charge in [0, 0.05) is 24.9 Å². The number of nitrogens with zero attached hydrogens (tertiary/aromatic N) is 2. The lowest BCUT2D eigenvalue weighted by molar-refractivity contribution is -0.130. The summed E-state index contributed by atoms with van der Waals surface area (Å²) in [6, 6.07) is 0. The van der Waals surface area contributed by atoms with Gasteiger partial charge in [-0.25, -0.2) is 4.79 Å². The van der Waals surface area contributed by atoms with Crippen LogP contribution in [0.4, 0.5) is 0 Å². The number of unbranched alkanes of at least 4 members (excludes halogenated alkanes) is 1. The third-order valence-electron chi connectivity index (χ3n) is 3.61. The lowest BCUT2D eigenvalue weighted by Gasteiger charge is -2.27. The summed E-state index contributed by atoms with van der Waals surface area (Å²) >= 11 is 0. The monoisotopic (exact) mass is 297 g/mol. The minimum absolute atomic E-state index is 0.0208. The maximum atomic E-state index is 11.9. The summed E-state index contributed by atoms with van der Waals surface area (Å²) in [6.45, 7) is 1.91. The molecule has 1 fully saturated rings. The van der Waals surface area contributed by atoms with E-state index < -0.39 is 23.5 Å². The van der Waals surface area contributed by atoms with E-state index in [1.807, 2.05) is 0 Å². The lowest BCUT2D eigenvalue weighted by Crippen LogP contribution is -2.42. The molecule has 2 heterocycles. The molecule has 2 atom stereocenters. The van der Waals surface area contributed by atoms with Crippen LogP contribution in [-0.4, -0.2) is 49.8 Å². The first kappa shape index (κ1) is 15.5. The zero-order valence-corrected chi connectivity index (χ0v) is 11.8. The third-order valence-corrected chi connectivity index (χ3v) is 3.61. The second kappa shape index (κ2) is 6.23. The normalized spacial score (nSPS) is 22.0. The van der Waals surface area contributed by atoms with E-state index in [9.17, 15) is 19.5 Å². The van der Waals surface area contributed by atoms with Crippen molar-refractivity contribution in [1.82, 2.24) is 14.5 Å². The maximum absolute atomic E-state index is 11.9. The van der Waals surface area contributed by atoms with E-state index in [1.54, 1.807) is 6.92 Å². The second-order valence-corrected chi connectivity index (χ2v) is 5.18. The number of aromatic amines is 1. The Labute approximate surface area is 120 Å². The molecule has 8 heteroatoms. The van der Waals surface area contributed by atoms with E-state index in [1.165, 1.54) is 15.7 Å². The van der Waals surface area contributed by atoms with Crippen molar-refractivity contribution in [3.8, 4) is 0 Å². The van der Waals surface area contributed by atoms with Gasteiger partial charge in [0.25, 0.3) is 5.56 Å². The Balaban J connectivity index is 2.34. The molecule has 0 saturated carbocycles. The van der Waals surface area contributed by atoms with Gasteiger partial charge in [-0.1, -0.05) is 0 Å². The molecule has 0 radical (unpaired) electrons. The molecule has 21 heavy (non-hydrogen) atoms. The van der Waals surface area contributed by atoms with Gasteiger partial charge in [-0.2, -0.15) is 0 Å². The molecule has 1 aromatic rings. The number of amides is 1. The van der Waals surface area contributed by atoms with Crippen molar-refractivity contribution >= 4 is 5.91 Å². The van der Waals surface area contributed by atoms with Gasteiger partial charge in [-0.05, 0) is 19.8 Å². The maximum Gasteiger partial charge on any atom is 0.330 e. The van der Waals surface area contributed by atoms with Crippen molar-refractivity contribution in [2.75, 3.05) is 13.2 Å². The van der Waals surface area contributed by atoms with Gasteiger partial charge in [0.2, 0.25) is 5.91 Å². The number of H-pyrrole nitrogens is 1. The number of aryl methyl sites for hydroxylation is 1. The standard InChI is InChI=1S/C13H19N3O5/c1-8-7-16(13(21)14-11(8)20)12-9(18)6-10(19)15(12)4-2-3-5-17/h7,9,12,17-18H,2-6H2,1H3,(H,14,20,21)/t9-,12+/m0/s1. The van der Waals surface area contributed by atoms with Crippen LogP contribution >= 0.6 is 0 Å². The number of carbonyl (C=O) groups is 1. The molecule has 2 rings (SSSR count). The van der Waals surface area contributed by atoms with Gasteiger partial charge in [0.1, 0.15) is 12.3 Å². The summed E-state index contributed by atoms with van der Waals surface area (Å²) < 4.78 is 1.19. The van der Waals surface area contributed by atoms with Crippen molar-refractivity contribution < 1.29 is 15.0 Å². The largest absolute Gasteiger partial charge is 0.396 e. The Morgan fingerprint density at radius 1 is 1.33 bits per heavy atom. The van der Waals surface area contributed by atoms with Crippen molar-refractivity contribution in [2.24, 2.45) is 0 Å². The summed E-state index contributed by atoms with van der Waals surface area (Å²) in [5, 5.41) is 18.9. The van der Waals surface area contributed by atoms with Crippen LogP contribution < -0.4 is 11.2 Å². The summed E-state index contributed by atoms with van der Waals surface area (Å²) in [7, 11) is 0. The van der Waals surface area contributed by atoms with Crippen LogP contribution in [0.25, 0.3) is 0 Å². The number of carbonyl (C=O) groups excluding carboxylic acids is 1. The predicted molar refractivity (Wildman–Crippen MR) is 73.8 cm³/mol. The van der Waals surface area contributed by atoms with Crippen LogP contribution in [0, 0.1) is 6.92 Å².